The van der Waals surface area contributed by atoms with E-state index in [1.165, 1.54) is 38.5 Å². The molecule has 0 aliphatic heterocycles. The summed E-state index contributed by atoms with van der Waals surface area (Å²) < 4.78 is 0. The highest BCUT2D eigenvalue weighted by Crippen LogP contribution is 2.53. The smallest absolute Gasteiger partial charge is 0.0715 e. The molecule has 2 heteroatoms. The van der Waals surface area contributed by atoms with Crippen LogP contribution in [0.25, 0.3) is 0 Å². The van der Waals surface area contributed by atoms with Crippen LogP contribution in [0.1, 0.15) is 78.1 Å². The highest BCUT2D eigenvalue weighted by molar-refractivity contribution is 5.03. The molecule has 106 valence electrons. The Hall–Kier alpha value is -0.0800. The van der Waals surface area contributed by atoms with Gasteiger partial charge < -0.3 is 10.8 Å². The SMILES string of the molecule is CC1(C)CCC(CN)(C2(O)CCCCCC2)CC1. The van der Waals surface area contributed by atoms with E-state index in [-0.39, 0.29) is 5.41 Å². The number of hydrogen-bond donors (Lipinski definition) is 2. The summed E-state index contributed by atoms with van der Waals surface area (Å²) >= 11 is 0. The normalized spacial score (nSPS) is 30.7. The molecule has 0 aromatic carbocycles. The first-order valence-corrected chi connectivity index (χ1v) is 7.86. The molecule has 2 aliphatic carbocycles. The van der Waals surface area contributed by atoms with E-state index in [0.29, 0.717) is 12.0 Å². The van der Waals surface area contributed by atoms with Gasteiger partial charge in [-0.25, -0.2) is 0 Å². The molecule has 0 radical (unpaired) electrons. The molecule has 0 heterocycles. The Morgan fingerprint density at radius 1 is 0.833 bits per heavy atom. The summed E-state index contributed by atoms with van der Waals surface area (Å²) in [7, 11) is 0. The van der Waals surface area contributed by atoms with Crippen molar-refractivity contribution in [2.75, 3.05) is 6.54 Å². The molecule has 0 unspecified atom stereocenters. The molecular formula is C16H31NO. The molecule has 2 fully saturated rings. The minimum absolute atomic E-state index is 0.00681. The van der Waals surface area contributed by atoms with Crippen molar-refractivity contribution >= 4 is 0 Å². The number of nitrogens with two attached hydrogens (primary N) is 1. The van der Waals surface area contributed by atoms with Crippen LogP contribution in [0.2, 0.25) is 0 Å². The lowest BCUT2D eigenvalue weighted by molar-refractivity contribution is -0.120. The Morgan fingerprint density at radius 3 is 1.78 bits per heavy atom. The predicted octanol–water partition coefficient (Wildman–Crippen LogP) is 3.62. The number of aliphatic hydroxyl groups is 1. The minimum Gasteiger partial charge on any atom is -0.389 e. The lowest BCUT2D eigenvalue weighted by atomic mass is 9.56. The summed E-state index contributed by atoms with van der Waals surface area (Å²) in [5.41, 5.74) is 6.11. The van der Waals surface area contributed by atoms with Gasteiger partial charge in [0.2, 0.25) is 0 Å². The third kappa shape index (κ3) is 2.60. The van der Waals surface area contributed by atoms with E-state index in [4.69, 9.17) is 5.73 Å². The zero-order valence-electron chi connectivity index (χ0n) is 12.3. The Balaban J connectivity index is 2.16. The number of hydrogen-bond acceptors (Lipinski definition) is 2. The molecule has 3 N–H and O–H groups in total. The quantitative estimate of drug-likeness (QED) is 0.738. The van der Waals surface area contributed by atoms with Crippen molar-refractivity contribution < 1.29 is 5.11 Å². The van der Waals surface area contributed by atoms with Crippen LogP contribution < -0.4 is 5.73 Å². The van der Waals surface area contributed by atoms with Crippen molar-refractivity contribution in [3.05, 3.63) is 0 Å². The van der Waals surface area contributed by atoms with Crippen LogP contribution in [0.4, 0.5) is 0 Å². The fourth-order valence-electron chi connectivity index (χ4n) is 4.11. The second-order valence-corrected chi connectivity index (χ2v) is 7.59. The van der Waals surface area contributed by atoms with Gasteiger partial charge >= 0.3 is 0 Å². The largest absolute Gasteiger partial charge is 0.389 e. The summed E-state index contributed by atoms with van der Waals surface area (Å²) in [6.07, 6.45) is 11.6. The van der Waals surface area contributed by atoms with Crippen LogP contribution in [0, 0.1) is 10.8 Å². The van der Waals surface area contributed by atoms with Crippen LogP contribution >= 0.6 is 0 Å². The summed E-state index contributed by atoms with van der Waals surface area (Å²) in [6, 6.07) is 0. The van der Waals surface area contributed by atoms with Crippen molar-refractivity contribution in [1.29, 1.82) is 0 Å². The van der Waals surface area contributed by atoms with E-state index in [0.717, 1.165) is 25.7 Å². The fourth-order valence-corrected chi connectivity index (χ4v) is 4.11. The third-order valence-electron chi connectivity index (χ3n) is 5.87. The van der Waals surface area contributed by atoms with Gasteiger partial charge in [0.1, 0.15) is 0 Å². The first-order valence-electron chi connectivity index (χ1n) is 7.86. The second kappa shape index (κ2) is 5.13. The van der Waals surface area contributed by atoms with Crippen molar-refractivity contribution in [3.63, 3.8) is 0 Å². The third-order valence-corrected chi connectivity index (χ3v) is 5.87. The molecular weight excluding hydrogens is 222 g/mol. The maximum absolute atomic E-state index is 11.2. The standard InChI is InChI=1S/C16H31NO/c1-14(2)9-11-15(13-17,12-10-14)16(18)7-5-3-4-6-8-16/h18H,3-13,17H2,1-2H3. The van der Waals surface area contributed by atoms with Crippen molar-refractivity contribution in [2.24, 2.45) is 16.6 Å². The van der Waals surface area contributed by atoms with Gasteiger partial charge in [0.25, 0.3) is 0 Å². The first-order chi connectivity index (χ1) is 8.43. The Bertz CT molecular complexity index is 267. The van der Waals surface area contributed by atoms with Gasteiger partial charge in [-0.05, 0) is 43.9 Å². The topological polar surface area (TPSA) is 46.2 Å². The molecule has 0 aromatic rings. The second-order valence-electron chi connectivity index (χ2n) is 7.59. The molecule has 0 amide bonds. The maximum Gasteiger partial charge on any atom is 0.0715 e. The summed E-state index contributed by atoms with van der Waals surface area (Å²) in [4.78, 5) is 0. The lowest BCUT2D eigenvalue weighted by Gasteiger charge is -2.52. The van der Waals surface area contributed by atoms with Crippen molar-refractivity contribution in [3.8, 4) is 0 Å². The molecule has 2 nitrogen and oxygen atoms in total. The monoisotopic (exact) mass is 253 g/mol. The fraction of sp³-hybridized carbons (Fsp3) is 1.00. The van der Waals surface area contributed by atoms with Crippen LogP contribution in [0.5, 0.6) is 0 Å². The maximum atomic E-state index is 11.2. The highest BCUT2D eigenvalue weighted by atomic mass is 16.3. The molecule has 0 spiro atoms. The number of rotatable bonds is 2. The van der Waals surface area contributed by atoms with E-state index in [2.05, 4.69) is 13.8 Å². The van der Waals surface area contributed by atoms with Gasteiger partial charge in [-0.15, -0.1) is 0 Å². The predicted molar refractivity (Wildman–Crippen MR) is 76.4 cm³/mol. The van der Waals surface area contributed by atoms with Gasteiger partial charge in [-0.2, -0.15) is 0 Å². The van der Waals surface area contributed by atoms with Gasteiger partial charge in [-0.1, -0.05) is 39.5 Å². The summed E-state index contributed by atoms with van der Waals surface area (Å²) in [6.45, 7) is 5.37. The molecule has 2 rings (SSSR count). The molecule has 2 saturated carbocycles. The van der Waals surface area contributed by atoms with E-state index < -0.39 is 5.60 Å². The minimum atomic E-state index is -0.477. The molecule has 0 atom stereocenters. The molecule has 18 heavy (non-hydrogen) atoms. The van der Waals surface area contributed by atoms with Gasteiger partial charge in [0.05, 0.1) is 5.60 Å². The van der Waals surface area contributed by atoms with Crippen molar-refractivity contribution in [2.45, 2.75) is 83.7 Å². The molecule has 0 saturated heterocycles. The van der Waals surface area contributed by atoms with Crippen molar-refractivity contribution in [1.82, 2.24) is 0 Å². The zero-order chi connectivity index (χ0) is 13.3. The summed E-state index contributed by atoms with van der Waals surface area (Å²) in [5, 5.41) is 11.2. The van der Waals surface area contributed by atoms with Gasteiger partial charge in [-0.3, -0.25) is 0 Å². The summed E-state index contributed by atoms with van der Waals surface area (Å²) in [5.74, 6) is 0. The Labute approximate surface area is 112 Å². The van der Waals surface area contributed by atoms with Crippen LogP contribution in [-0.4, -0.2) is 17.3 Å². The molecule has 0 aromatic heterocycles. The van der Waals surface area contributed by atoms with E-state index in [1.54, 1.807) is 0 Å². The van der Waals surface area contributed by atoms with E-state index in [9.17, 15) is 5.11 Å². The van der Waals surface area contributed by atoms with Gasteiger partial charge in [0, 0.05) is 12.0 Å². The Morgan fingerprint density at radius 2 is 1.33 bits per heavy atom. The lowest BCUT2D eigenvalue weighted by Crippen LogP contribution is -2.54. The van der Waals surface area contributed by atoms with Crippen LogP contribution in [-0.2, 0) is 0 Å². The Kier molecular flexibility index (Phi) is 4.08. The zero-order valence-corrected chi connectivity index (χ0v) is 12.3. The average molecular weight is 253 g/mol. The highest BCUT2D eigenvalue weighted by Gasteiger charge is 2.51. The van der Waals surface area contributed by atoms with Gasteiger partial charge in [0.15, 0.2) is 0 Å². The average Bonchev–Trinajstić information content (AvgIpc) is 2.56. The first kappa shape index (κ1) is 14.3. The van der Waals surface area contributed by atoms with Crippen LogP contribution in [0.3, 0.4) is 0 Å². The van der Waals surface area contributed by atoms with Crippen LogP contribution in [0.15, 0.2) is 0 Å². The molecule has 2 aliphatic rings. The van der Waals surface area contributed by atoms with E-state index in [1.807, 2.05) is 0 Å². The molecule has 0 bridgehead atoms. The van der Waals surface area contributed by atoms with E-state index >= 15 is 0 Å².